The molecule has 18 heavy (non-hydrogen) atoms. The molecule has 0 bridgehead atoms. The van der Waals surface area contributed by atoms with Crippen molar-refractivity contribution < 1.29 is 0 Å². The summed E-state index contributed by atoms with van der Waals surface area (Å²) in [5.74, 6) is 0.577. The van der Waals surface area contributed by atoms with Gasteiger partial charge in [0.15, 0.2) is 0 Å². The van der Waals surface area contributed by atoms with Crippen molar-refractivity contribution in [2.24, 2.45) is 0 Å². The lowest BCUT2D eigenvalue weighted by molar-refractivity contribution is 0.594. The minimum atomic E-state index is 0.577. The molecule has 0 spiro atoms. The highest BCUT2D eigenvalue weighted by molar-refractivity contribution is 5.54. The third-order valence-corrected chi connectivity index (χ3v) is 3.67. The minimum Gasteiger partial charge on any atom is -0.366 e. The van der Waals surface area contributed by atoms with Crippen LogP contribution in [0.4, 0.5) is 5.69 Å². The number of hydrogen-bond donors (Lipinski definition) is 0. The minimum absolute atomic E-state index is 0.577. The van der Waals surface area contributed by atoms with Gasteiger partial charge in [-0.15, -0.1) is 0 Å². The van der Waals surface area contributed by atoms with Crippen molar-refractivity contribution in [1.82, 2.24) is 4.98 Å². The van der Waals surface area contributed by atoms with Crippen molar-refractivity contribution in [1.29, 1.82) is 0 Å². The summed E-state index contributed by atoms with van der Waals surface area (Å²) in [4.78, 5) is 6.99. The molecule has 0 radical (unpaired) electrons. The standard InChI is InChI=1S/C16H18N2/c1-13-9-11-18(12-14-6-3-2-4-7-14)15-8-5-10-17-16(13)15/h2-8,10,13H,9,11-12H2,1H3. The lowest BCUT2D eigenvalue weighted by atomic mass is 9.96. The molecular formula is C16H18N2. The molecule has 0 fully saturated rings. The Morgan fingerprint density at radius 3 is 2.83 bits per heavy atom. The Balaban J connectivity index is 1.89. The van der Waals surface area contributed by atoms with E-state index in [1.165, 1.54) is 23.4 Å². The first kappa shape index (κ1) is 11.3. The smallest absolute Gasteiger partial charge is 0.0665 e. The zero-order chi connectivity index (χ0) is 12.4. The van der Waals surface area contributed by atoms with Gasteiger partial charge in [0.25, 0.3) is 0 Å². The van der Waals surface area contributed by atoms with E-state index in [2.05, 4.69) is 53.2 Å². The molecule has 1 aliphatic rings. The fourth-order valence-electron chi connectivity index (χ4n) is 2.63. The van der Waals surface area contributed by atoms with Crippen LogP contribution in [0, 0.1) is 0 Å². The molecule has 1 atom stereocenters. The maximum Gasteiger partial charge on any atom is 0.0665 e. The summed E-state index contributed by atoms with van der Waals surface area (Å²) < 4.78 is 0. The van der Waals surface area contributed by atoms with Gasteiger partial charge < -0.3 is 4.90 Å². The summed E-state index contributed by atoms with van der Waals surface area (Å²) in [5, 5.41) is 0. The molecule has 0 N–H and O–H groups in total. The number of nitrogens with zero attached hydrogens (tertiary/aromatic N) is 2. The summed E-state index contributed by atoms with van der Waals surface area (Å²) in [6, 6.07) is 14.9. The molecule has 0 saturated carbocycles. The molecule has 2 heteroatoms. The maximum absolute atomic E-state index is 4.55. The first-order valence-electron chi connectivity index (χ1n) is 6.58. The van der Waals surface area contributed by atoms with Gasteiger partial charge in [0.1, 0.15) is 0 Å². The van der Waals surface area contributed by atoms with E-state index < -0.39 is 0 Å². The Labute approximate surface area is 108 Å². The number of pyridine rings is 1. The summed E-state index contributed by atoms with van der Waals surface area (Å²) in [5.41, 5.74) is 3.92. The van der Waals surface area contributed by atoms with Gasteiger partial charge >= 0.3 is 0 Å². The predicted molar refractivity (Wildman–Crippen MR) is 74.8 cm³/mol. The number of rotatable bonds is 2. The average molecular weight is 238 g/mol. The highest BCUT2D eigenvalue weighted by Crippen LogP contribution is 2.33. The summed E-state index contributed by atoms with van der Waals surface area (Å²) in [6.07, 6.45) is 3.10. The van der Waals surface area contributed by atoms with Crippen molar-refractivity contribution in [3.8, 4) is 0 Å². The molecule has 2 nitrogen and oxygen atoms in total. The van der Waals surface area contributed by atoms with E-state index in [9.17, 15) is 0 Å². The Hall–Kier alpha value is -1.83. The largest absolute Gasteiger partial charge is 0.366 e. The summed E-state index contributed by atoms with van der Waals surface area (Å²) in [7, 11) is 0. The average Bonchev–Trinajstić information content (AvgIpc) is 2.44. The highest BCUT2D eigenvalue weighted by Gasteiger charge is 2.22. The van der Waals surface area contributed by atoms with Gasteiger partial charge in [-0.1, -0.05) is 37.3 Å². The van der Waals surface area contributed by atoms with E-state index in [0.29, 0.717) is 5.92 Å². The van der Waals surface area contributed by atoms with Crippen molar-refractivity contribution >= 4 is 5.69 Å². The van der Waals surface area contributed by atoms with Crippen LogP contribution in [-0.2, 0) is 6.54 Å². The van der Waals surface area contributed by atoms with Gasteiger partial charge in [0.05, 0.1) is 11.4 Å². The Bertz CT molecular complexity index is 522. The molecule has 2 heterocycles. The van der Waals surface area contributed by atoms with Crippen molar-refractivity contribution in [3.05, 3.63) is 59.9 Å². The van der Waals surface area contributed by atoms with Crippen molar-refractivity contribution in [2.75, 3.05) is 11.4 Å². The van der Waals surface area contributed by atoms with E-state index in [1.54, 1.807) is 0 Å². The summed E-state index contributed by atoms with van der Waals surface area (Å²) in [6.45, 7) is 4.37. The van der Waals surface area contributed by atoms with Crippen molar-refractivity contribution in [3.63, 3.8) is 0 Å². The van der Waals surface area contributed by atoms with Gasteiger partial charge in [0, 0.05) is 25.2 Å². The molecule has 1 unspecified atom stereocenters. The zero-order valence-corrected chi connectivity index (χ0v) is 10.7. The first-order valence-corrected chi connectivity index (χ1v) is 6.58. The number of fused-ring (bicyclic) bond motifs is 1. The third kappa shape index (κ3) is 2.10. The SMILES string of the molecule is CC1CCN(Cc2ccccc2)c2cccnc21. The van der Waals surface area contributed by atoms with Crippen LogP contribution in [0.1, 0.15) is 30.5 Å². The third-order valence-electron chi connectivity index (χ3n) is 3.67. The van der Waals surface area contributed by atoms with Gasteiger partial charge in [-0.3, -0.25) is 4.98 Å². The van der Waals surface area contributed by atoms with E-state index in [4.69, 9.17) is 0 Å². The van der Waals surface area contributed by atoms with Gasteiger partial charge in [-0.05, 0) is 24.1 Å². The normalized spacial score (nSPS) is 18.5. The van der Waals surface area contributed by atoms with Crippen LogP contribution in [0.15, 0.2) is 48.7 Å². The van der Waals surface area contributed by atoms with Crippen LogP contribution >= 0.6 is 0 Å². The molecular weight excluding hydrogens is 220 g/mol. The van der Waals surface area contributed by atoms with Crippen LogP contribution in [0.5, 0.6) is 0 Å². The van der Waals surface area contributed by atoms with Crippen LogP contribution in [0.3, 0.4) is 0 Å². The van der Waals surface area contributed by atoms with E-state index in [1.807, 2.05) is 12.3 Å². The predicted octanol–water partition coefficient (Wildman–Crippen LogP) is 3.60. The van der Waals surface area contributed by atoms with Crippen LogP contribution in [-0.4, -0.2) is 11.5 Å². The van der Waals surface area contributed by atoms with Gasteiger partial charge in [-0.25, -0.2) is 0 Å². The lowest BCUT2D eigenvalue weighted by Crippen LogP contribution is -2.30. The quantitative estimate of drug-likeness (QED) is 0.794. The topological polar surface area (TPSA) is 16.1 Å². The second kappa shape index (κ2) is 4.81. The van der Waals surface area contributed by atoms with Crippen LogP contribution in [0.2, 0.25) is 0 Å². The van der Waals surface area contributed by atoms with E-state index in [0.717, 1.165) is 13.1 Å². The molecule has 92 valence electrons. The second-order valence-electron chi connectivity index (χ2n) is 5.00. The number of anilines is 1. The van der Waals surface area contributed by atoms with Crippen LogP contribution in [0.25, 0.3) is 0 Å². The Morgan fingerprint density at radius 2 is 2.00 bits per heavy atom. The van der Waals surface area contributed by atoms with E-state index in [-0.39, 0.29) is 0 Å². The fourth-order valence-corrected chi connectivity index (χ4v) is 2.63. The monoisotopic (exact) mass is 238 g/mol. The molecule has 3 rings (SSSR count). The Morgan fingerprint density at radius 1 is 1.17 bits per heavy atom. The number of aromatic nitrogens is 1. The van der Waals surface area contributed by atoms with Crippen LogP contribution < -0.4 is 4.90 Å². The fraction of sp³-hybridized carbons (Fsp3) is 0.312. The maximum atomic E-state index is 4.55. The van der Waals surface area contributed by atoms with Gasteiger partial charge in [-0.2, -0.15) is 0 Å². The van der Waals surface area contributed by atoms with Gasteiger partial charge in [0.2, 0.25) is 0 Å². The zero-order valence-electron chi connectivity index (χ0n) is 10.7. The molecule has 1 aliphatic heterocycles. The van der Waals surface area contributed by atoms with Crippen molar-refractivity contribution in [2.45, 2.75) is 25.8 Å². The molecule has 0 amide bonds. The first-order chi connectivity index (χ1) is 8.84. The Kier molecular flexibility index (Phi) is 3.01. The summed E-state index contributed by atoms with van der Waals surface area (Å²) >= 11 is 0. The molecule has 0 saturated heterocycles. The lowest BCUT2D eigenvalue weighted by Gasteiger charge is -2.33. The number of benzene rings is 1. The molecule has 1 aromatic carbocycles. The number of hydrogen-bond acceptors (Lipinski definition) is 2. The molecule has 0 aliphatic carbocycles. The molecule has 1 aromatic heterocycles. The highest BCUT2D eigenvalue weighted by atomic mass is 15.1. The molecule has 2 aromatic rings. The second-order valence-corrected chi connectivity index (χ2v) is 5.00. The van der Waals surface area contributed by atoms with E-state index >= 15 is 0 Å².